The van der Waals surface area contributed by atoms with Crippen molar-refractivity contribution in [3.63, 3.8) is 0 Å². The second-order valence-corrected chi connectivity index (χ2v) is 14.4. The second kappa shape index (κ2) is 12.4. The van der Waals surface area contributed by atoms with Crippen LogP contribution in [0.5, 0.6) is 5.75 Å². The monoisotopic (exact) mass is 609 g/mol. The van der Waals surface area contributed by atoms with E-state index in [1.165, 1.54) is 42.9 Å². The molecule has 13 heteroatoms. The second-order valence-electron chi connectivity index (χ2n) is 11.5. The molecule has 0 aliphatic carbocycles. The van der Waals surface area contributed by atoms with E-state index >= 15 is 0 Å². The zero-order valence-corrected chi connectivity index (χ0v) is 25.8. The van der Waals surface area contributed by atoms with Crippen LogP contribution in [0, 0.1) is 5.82 Å². The van der Waals surface area contributed by atoms with Gasteiger partial charge in [0.25, 0.3) is 15.9 Å². The molecule has 2 atom stereocenters. The maximum absolute atomic E-state index is 14.0. The average molecular weight is 610 g/mol. The van der Waals surface area contributed by atoms with Crippen LogP contribution in [-0.2, 0) is 30.8 Å². The normalized spacial score (nSPS) is 17.4. The van der Waals surface area contributed by atoms with Crippen molar-refractivity contribution in [1.82, 2.24) is 14.5 Å². The van der Waals surface area contributed by atoms with E-state index in [0.717, 1.165) is 24.3 Å². The topological polar surface area (TPSA) is 122 Å². The predicted octanol–water partition coefficient (Wildman–Crippen LogP) is 3.80. The summed E-state index contributed by atoms with van der Waals surface area (Å²) in [5, 5.41) is 2.17. The lowest BCUT2D eigenvalue weighted by atomic mass is 10.0. The van der Waals surface area contributed by atoms with Crippen LogP contribution in [-0.4, -0.2) is 78.0 Å². The number of carbonyl (C=O) groups is 3. The van der Waals surface area contributed by atoms with Gasteiger partial charge < -0.3 is 14.4 Å². The minimum absolute atomic E-state index is 0.232. The number of hydrogen-bond donors (Lipinski definition) is 1. The van der Waals surface area contributed by atoms with Crippen molar-refractivity contribution in [1.29, 1.82) is 0 Å². The fraction of sp³-hybridized carbons (Fsp3) is 0.464. The number of rotatable bonds is 8. The molecule has 1 fully saturated rings. The van der Waals surface area contributed by atoms with Crippen molar-refractivity contribution in [3.05, 3.63) is 59.9 Å². The quantitative estimate of drug-likeness (QED) is 0.446. The van der Waals surface area contributed by atoms with Gasteiger partial charge in [-0.3, -0.25) is 10.1 Å². The summed E-state index contributed by atoms with van der Waals surface area (Å²) in [5.41, 5.74) is -0.974. The molecule has 10 nitrogen and oxygen atoms in total. The zero-order valence-electron chi connectivity index (χ0n) is 24.1. The van der Waals surface area contributed by atoms with Crippen LogP contribution in [0.15, 0.2) is 53.4 Å². The molecule has 2 amide bonds. The number of sulfonamides is 1. The van der Waals surface area contributed by atoms with Gasteiger partial charge in [0, 0.05) is 31.8 Å². The molecule has 0 aromatic heterocycles. The van der Waals surface area contributed by atoms with Crippen LogP contribution in [0.3, 0.4) is 0 Å². The summed E-state index contributed by atoms with van der Waals surface area (Å²) in [7, 11) is -1.59. The highest BCUT2D eigenvalue weighted by Crippen LogP contribution is 2.32. The smallest absolute Gasteiger partial charge is 0.414 e. The van der Waals surface area contributed by atoms with E-state index in [-0.39, 0.29) is 17.1 Å². The van der Waals surface area contributed by atoms with Gasteiger partial charge >= 0.3 is 12.1 Å². The van der Waals surface area contributed by atoms with E-state index in [1.807, 2.05) is 13.8 Å². The Labute approximate surface area is 244 Å². The molecule has 3 rings (SSSR count). The summed E-state index contributed by atoms with van der Waals surface area (Å²) in [6.45, 7) is 8.65. The molecule has 1 N–H and O–H groups in total. The summed E-state index contributed by atoms with van der Waals surface area (Å²) in [5.74, 6) is -1.67. The molecule has 1 aliphatic rings. The first kappa shape index (κ1) is 32.4. The van der Waals surface area contributed by atoms with Gasteiger partial charge in [-0.1, -0.05) is 12.1 Å². The first-order valence-corrected chi connectivity index (χ1v) is 15.3. The number of halogens is 1. The van der Waals surface area contributed by atoms with Crippen LogP contribution in [0.2, 0.25) is 0 Å². The van der Waals surface area contributed by atoms with Crippen LogP contribution < -0.4 is 10.1 Å². The Balaban J connectivity index is 2.09. The van der Waals surface area contributed by atoms with Crippen LogP contribution >= 0.6 is 11.8 Å². The molecule has 0 unspecified atom stereocenters. The molecule has 0 saturated carbocycles. The highest BCUT2D eigenvalue weighted by molar-refractivity contribution is 8.01. The third-order valence-electron chi connectivity index (χ3n) is 5.83. The van der Waals surface area contributed by atoms with Crippen molar-refractivity contribution in [2.24, 2.45) is 0 Å². The van der Waals surface area contributed by atoms with Crippen molar-refractivity contribution in [2.75, 3.05) is 19.8 Å². The Morgan fingerprint density at radius 2 is 1.66 bits per heavy atom. The summed E-state index contributed by atoms with van der Waals surface area (Å²) < 4.78 is 53.1. The lowest BCUT2D eigenvalue weighted by Gasteiger charge is -2.33. The third-order valence-corrected chi connectivity index (χ3v) is 9.19. The number of nitrogens with zero attached hydrogens (tertiary/aromatic N) is 2. The largest absolute Gasteiger partial charge is 0.458 e. The van der Waals surface area contributed by atoms with Gasteiger partial charge in [0.15, 0.2) is 0 Å². The fourth-order valence-electron chi connectivity index (χ4n) is 3.88. The van der Waals surface area contributed by atoms with Gasteiger partial charge in [0.2, 0.25) is 0 Å². The first-order chi connectivity index (χ1) is 18.9. The van der Waals surface area contributed by atoms with Crippen LogP contribution in [0.25, 0.3) is 0 Å². The number of amides is 2. The van der Waals surface area contributed by atoms with Crippen molar-refractivity contribution in [2.45, 2.75) is 68.5 Å². The highest BCUT2D eigenvalue weighted by atomic mass is 32.2. The Morgan fingerprint density at radius 3 is 2.15 bits per heavy atom. The fourth-order valence-corrected chi connectivity index (χ4v) is 6.82. The Hall–Kier alpha value is -3.16. The number of hydrogen-bond acceptors (Lipinski definition) is 9. The third kappa shape index (κ3) is 8.43. The van der Waals surface area contributed by atoms with Gasteiger partial charge in [0.1, 0.15) is 28.6 Å². The van der Waals surface area contributed by atoms with Crippen molar-refractivity contribution in [3.8, 4) is 5.75 Å². The molecule has 2 aromatic carbocycles. The van der Waals surface area contributed by atoms with Gasteiger partial charge in [-0.25, -0.2) is 26.7 Å². The van der Waals surface area contributed by atoms with E-state index in [1.54, 1.807) is 32.9 Å². The van der Waals surface area contributed by atoms with Gasteiger partial charge in [0.05, 0.1) is 4.90 Å². The molecule has 1 aliphatic heterocycles. The van der Waals surface area contributed by atoms with Crippen LogP contribution in [0.1, 0.15) is 40.2 Å². The predicted molar refractivity (Wildman–Crippen MR) is 153 cm³/mol. The number of ether oxygens (including phenoxy) is 2. The maximum Gasteiger partial charge on any atom is 0.414 e. The molecule has 1 heterocycles. The molecule has 0 spiro atoms. The molecule has 0 radical (unpaired) electrons. The molecular formula is C28H36FN3O7S2. The molecule has 224 valence electrons. The molecule has 2 aromatic rings. The average Bonchev–Trinajstić information content (AvgIpc) is 3.23. The van der Waals surface area contributed by atoms with E-state index in [4.69, 9.17) is 9.47 Å². The van der Waals surface area contributed by atoms with Crippen molar-refractivity contribution >= 4 is 39.8 Å². The SMILES string of the molecule is CN(C)C(=O)Oc1ccc(C[C@@H](C(=O)OC(C)(C)C)N(C(=O)[C@H]2NC(C)(C)CS2)S(=O)(=O)c2ccc(F)cc2)cc1. The lowest BCUT2D eigenvalue weighted by Crippen LogP contribution is -2.56. The Kier molecular flexibility index (Phi) is 9.77. The standard InChI is InChI=1S/C28H36FN3O7S2/c1-27(2,3)39-25(34)22(16-18-8-12-20(13-9-18)38-26(35)31(6)7)32(24(33)23-30-28(4,5)17-40-23)41(36,37)21-14-10-19(29)11-15-21/h8-15,22-23,30H,16-17H2,1-7H3/t22-,23-/m0/s1. The number of esters is 1. The van der Waals surface area contributed by atoms with E-state index < -0.39 is 56.4 Å². The Morgan fingerprint density at radius 1 is 1.07 bits per heavy atom. The van der Waals surface area contributed by atoms with Crippen LogP contribution in [0.4, 0.5) is 9.18 Å². The summed E-state index contributed by atoms with van der Waals surface area (Å²) in [4.78, 5) is 40.4. The van der Waals surface area contributed by atoms with Gasteiger partial charge in [-0.05, 0) is 76.6 Å². The van der Waals surface area contributed by atoms with Gasteiger partial charge in [-0.15, -0.1) is 11.8 Å². The molecular weight excluding hydrogens is 573 g/mol. The van der Waals surface area contributed by atoms with E-state index in [0.29, 0.717) is 15.6 Å². The number of thioether (sulfide) groups is 1. The van der Waals surface area contributed by atoms with E-state index in [9.17, 15) is 27.2 Å². The van der Waals surface area contributed by atoms with Gasteiger partial charge in [-0.2, -0.15) is 0 Å². The number of carbonyl (C=O) groups excluding carboxylic acids is 3. The zero-order chi connectivity index (χ0) is 30.8. The van der Waals surface area contributed by atoms with Crippen molar-refractivity contribution < 1.29 is 36.7 Å². The maximum atomic E-state index is 14.0. The highest BCUT2D eigenvalue weighted by Gasteiger charge is 2.47. The summed E-state index contributed by atoms with van der Waals surface area (Å²) >= 11 is 1.23. The molecule has 0 bridgehead atoms. The molecule has 1 saturated heterocycles. The summed E-state index contributed by atoms with van der Waals surface area (Å²) in [6, 6.07) is 8.56. The first-order valence-electron chi connectivity index (χ1n) is 12.8. The molecule has 41 heavy (non-hydrogen) atoms. The number of benzene rings is 2. The minimum Gasteiger partial charge on any atom is -0.458 e. The lowest BCUT2D eigenvalue weighted by molar-refractivity contribution is -0.161. The summed E-state index contributed by atoms with van der Waals surface area (Å²) in [6.07, 6.45) is -0.819. The Bertz CT molecular complexity index is 1370. The number of nitrogens with one attached hydrogen (secondary N) is 1. The minimum atomic E-state index is -4.66. The van der Waals surface area contributed by atoms with E-state index in [2.05, 4.69) is 5.32 Å².